The second-order valence-corrected chi connectivity index (χ2v) is 7.23. The Labute approximate surface area is 169 Å². The van der Waals surface area contributed by atoms with Gasteiger partial charge in [0, 0.05) is 10.9 Å². The molecule has 0 spiro atoms. The van der Waals surface area contributed by atoms with Gasteiger partial charge in [0.15, 0.2) is 5.54 Å². The Hall–Kier alpha value is -2.27. The molecule has 1 aromatic carbocycles. The van der Waals surface area contributed by atoms with Crippen LogP contribution in [0.3, 0.4) is 0 Å². The second kappa shape index (κ2) is 8.39. The molecule has 0 bridgehead atoms. The van der Waals surface area contributed by atoms with Crippen LogP contribution in [-0.2, 0) is 14.3 Å². The van der Waals surface area contributed by atoms with E-state index in [1.807, 2.05) is 0 Å². The molecule has 0 saturated carbocycles. The van der Waals surface area contributed by atoms with E-state index in [1.165, 1.54) is 13.0 Å². The Bertz CT molecular complexity index is 856. The van der Waals surface area contributed by atoms with Gasteiger partial charge in [0.1, 0.15) is 0 Å². The largest absolute Gasteiger partial charge is 0.471 e. The Morgan fingerprint density at radius 1 is 1.32 bits per heavy atom. The molecule has 1 aromatic rings. The number of ether oxygens (including phenoxy) is 1. The highest BCUT2D eigenvalue weighted by Crippen LogP contribution is 2.45. The van der Waals surface area contributed by atoms with Crippen molar-refractivity contribution in [2.45, 2.75) is 38.0 Å². The number of halogens is 4. The smallest absolute Gasteiger partial charge is 0.467 e. The van der Waals surface area contributed by atoms with Gasteiger partial charge in [-0.1, -0.05) is 53.2 Å². The first-order chi connectivity index (χ1) is 13.1. The summed E-state index contributed by atoms with van der Waals surface area (Å²) < 4.78 is 46.0. The van der Waals surface area contributed by atoms with Gasteiger partial charge in [-0.25, -0.2) is 4.79 Å². The summed E-state index contributed by atoms with van der Waals surface area (Å²) in [4.78, 5) is 25.8. The van der Waals surface area contributed by atoms with Crippen molar-refractivity contribution in [3.63, 3.8) is 0 Å². The van der Waals surface area contributed by atoms with Crippen LogP contribution in [-0.4, -0.2) is 35.6 Å². The quantitative estimate of drug-likeness (QED) is 0.383. The third kappa shape index (κ3) is 3.95. The maximum absolute atomic E-state index is 13.6. The summed E-state index contributed by atoms with van der Waals surface area (Å²) in [7, 11) is 1.07. The average Bonchev–Trinajstić information content (AvgIpc) is 2.65. The van der Waals surface area contributed by atoms with E-state index in [1.54, 1.807) is 37.3 Å². The minimum Gasteiger partial charge on any atom is -0.467 e. The molecule has 0 aromatic heterocycles. The number of hydrogen-bond donors (Lipinski definition) is 0. The summed E-state index contributed by atoms with van der Waals surface area (Å²) >= 11 is 3.34. The van der Waals surface area contributed by atoms with Gasteiger partial charge >= 0.3 is 18.1 Å². The molecular formula is C20H19BrF3NO3. The minimum atomic E-state index is -5.18. The lowest BCUT2D eigenvalue weighted by atomic mass is 9.79. The van der Waals surface area contributed by atoms with Gasteiger partial charge in [-0.3, -0.25) is 4.79 Å². The normalized spacial score (nSPS) is 24.3. The van der Waals surface area contributed by atoms with E-state index in [4.69, 9.17) is 4.74 Å². The summed E-state index contributed by atoms with van der Waals surface area (Å²) in [6.07, 6.45) is -2.57. The van der Waals surface area contributed by atoms with Gasteiger partial charge in [-0.2, -0.15) is 13.2 Å². The maximum Gasteiger partial charge on any atom is 0.471 e. The van der Waals surface area contributed by atoms with Crippen LogP contribution < -0.4 is 0 Å². The molecule has 4 nitrogen and oxygen atoms in total. The van der Waals surface area contributed by atoms with Crippen molar-refractivity contribution in [2.75, 3.05) is 7.11 Å². The Morgan fingerprint density at radius 2 is 1.96 bits per heavy atom. The molecule has 1 aliphatic heterocycles. The van der Waals surface area contributed by atoms with Gasteiger partial charge in [-0.15, -0.1) is 11.8 Å². The molecule has 0 radical (unpaired) electrons. The summed E-state index contributed by atoms with van der Waals surface area (Å²) in [6, 6.07) is 5.61. The van der Waals surface area contributed by atoms with Gasteiger partial charge in [0.25, 0.3) is 0 Å². The first-order valence-corrected chi connectivity index (χ1v) is 9.21. The standard InChI is InChI=1S/C20H19BrF3NO3/c1-4-5-11-19(18(27)28-3)12-10-13(2)16(14-8-6-7-9-15(14)21)25(19)17(26)20(22,23)24/h6-10,12-13,16H,11H2,1-3H3/t13-,16-,19+/m1/s1. The van der Waals surface area contributed by atoms with E-state index >= 15 is 0 Å². The third-order valence-corrected chi connectivity index (χ3v) is 5.36. The molecule has 0 fully saturated rings. The fraction of sp³-hybridized carbons (Fsp3) is 0.400. The fourth-order valence-corrected chi connectivity index (χ4v) is 3.86. The molecule has 1 aliphatic rings. The Morgan fingerprint density at radius 3 is 2.50 bits per heavy atom. The van der Waals surface area contributed by atoms with Crippen LogP contribution in [0, 0.1) is 17.8 Å². The molecule has 1 heterocycles. The van der Waals surface area contributed by atoms with E-state index in [9.17, 15) is 22.8 Å². The second-order valence-electron chi connectivity index (χ2n) is 6.38. The van der Waals surface area contributed by atoms with Crippen molar-refractivity contribution in [3.8, 4) is 11.8 Å². The fourth-order valence-electron chi connectivity index (χ4n) is 3.34. The lowest BCUT2D eigenvalue weighted by Gasteiger charge is -2.48. The number of rotatable bonds is 3. The zero-order valence-electron chi connectivity index (χ0n) is 15.5. The number of amides is 1. The molecule has 0 N–H and O–H groups in total. The molecule has 0 aliphatic carbocycles. The Kier molecular flexibility index (Phi) is 6.60. The number of alkyl halides is 3. The average molecular weight is 458 g/mol. The number of nitrogens with zero attached hydrogens (tertiary/aromatic N) is 1. The first-order valence-electron chi connectivity index (χ1n) is 8.42. The summed E-state index contributed by atoms with van der Waals surface area (Å²) in [6.45, 7) is 3.19. The van der Waals surface area contributed by atoms with E-state index in [-0.39, 0.29) is 6.42 Å². The molecule has 3 atom stereocenters. The van der Waals surface area contributed by atoms with Crippen LogP contribution >= 0.6 is 15.9 Å². The molecule has 1 amide bonds. The Balaban J connectivity index is 2.81. The molecule has 0 saturated heterocycles. The lowest BCUT2D eigenvalue weighted by Crippen LogP contribution is -2.62. The molecule has 2 rings (SSSR count). The lowest BCUT2D eigenvalue weighted by molar-refractivity contribution is -0.199. The van der Waals surface area contributed by atoms with Crippen molar-refractivity contribution >= 4 is 27.8 Å². The monoisotopic (exact) mass is 457 g/mol. The van der Waals surface area contributed by atoms with Crippen LogP contribution in [0.4, 0.5) is 13.2 Å². The zero-order valence-corrected chi connectivity index (χ0v) is 17.1. The molecule has 150 valence electrons. The van der Waals surface area contributed by atoms with Crippen LogP contribution in [0.1, 0.15) is 31.9 Å². The number of carbonyl (C=O) groups is 2. The minimum absolute atomic E-state index is 0.317. The summed E-state index contributed by atoms with van der Waals surface area (Å²) in [5.41, 5.74) is -1.54. The van der Waals surface area contributed by atoms with E-state index in [0.29, 0.717) is 14.9 Å². The van der Waals surface area contributed by atoms with Gasteiger partial charge < -0.3 is 9.64 Å². The summed E-state index contributed by atoms with van der Waals surface area (Å²) in [5, 5.41) is 0. The highest BCUT2D eigenvalue weighted by molar-refractivity contribution is 9.10. The van der Waals surface area contributed by atoms with E-state index < -0.39 is 35.6 Å². The van der Waals surface area contributed by atoms with E-state index in [2.05, 4.69) is 27.8 Å². The van der Waals surface area contributed by atoms with Crippen LogP contribution in [0.25, 0.3) is 0 Å². The predicted molar refractivity (Wildman–Crippen MR) is 101 cm³/mol. The first kappa shape index (κ1) is 22.0. The number of hydrogen-bond acceptors (Lipinski definition) is 3. The highest BCUT2D eigenvalue weighted by atomic mass is 79.9. The van der Waals surface area contributed by atoms with Gasteiger partial charge in [0.05, 0.1) is 13.2 Å². The predicted octanol–water partition coefficient (Wildman–Crippen LogP) is 4.41. The molecule has 8 heteroatoms. The molecular weight excluding hydrogens is 439 g/mol. The molecule has 28 heavy (non-hydrogen) atoms. The van der Waals surface area contributed by atoms with Crippen molar-refractivity contribution < 1.29 is 27.5 Å². The van der Waals surface area contributed by atoms with Crippen molar-refractivity contribution in [2.24, 2.45) is 5.92 Å². The number of carbonyl (C=O) groups excluding carboxylic acids is 2. The number of benzene rings is 1. The third-order valence-electron chi connectivity index (χ3n) is 4.64. The van der Waals surface area contributed by atoms with Crippen molar-refractivity contribution in [1.29, 1.82) is 0 Å². The highest BCUT2D eigenvalue weighted by Gasteiger charge is 2.58. The SMILES string of the molecule is CC#CC[C@@]1(C(=O)OC)C=C[C@@H](C)[C@H](c2ccccc2Br)N1C(=O)C(F)(F)F. The topological polar surface area (TPSA) is 46.6 Å². The van der Waals surface area contributed by atoms with Crippen LogP contribution in [0.2, 0.25) is 0 Å². The zero-order chi connectivity index (χ0) is 21.1. The molecule has 0 unspecified atom stereocenters. The van der Waals surface area contributed by atoms with Crippen LogP contribution in [0.15, 0.2) is 40.9 Å². The van der Waals surface area contributed by atoms with Crippen LogP contribution in [0.5, 0.6) is 0 Å². The van der Waals surface area contributed by atoms with Crippen molar-refractivity contribution in [1.82, 2.24) is 4.90 Å². The van der Waals surface area contributed by atoms with Gasteiger partial charge in [0.2, 0.25) is 0 Å². The number of methoxy groups -OCH3 is 1. The van der Waals surface area contributed by atoms with Gasteiger partial charge in [-0.05, 0) is 24.5 Å². The number of esters is 1. The maximum atomic E-state index is 13.6. The van der Waals surface area contributed by atoms with E-state index in [0.717, 1.165) is 7.11 Å². The summed E-state index contributed by atoms with van der Waals surface area (Å²) in [5.74, 6) is 1.63. The van der Waals surface area contributed by atoms with Crippen molar-refractivity contribution in [3.05, 3.63) is 46.5 Å².